The third-order valence-electron chi connectivity index (χ3n) is 4.09. The van der Waals surface area contributed by atoms with Crippen LogP contribution >= 0.6 is 7.42 Å². The Morgan fingerprint density at radius 3 is 2.05 bits per heavy atom. The highest BCUT2D eigenvalue weighted by atomic mass is 31.1. The van der Waals surface area contributed by atoms with Crippen LogP contribution < -0.4 is 14.8 Å². The molecule has 0 aromatic heterocycles. The second-order valence-electron chi connectivity index (χ2n) is 6.78. The zero-order valence-electron chi connectivity index (χ0n) is 14.7. The van der Waals surface area contributed by atoms with Crippen LogP contribution in [0.4, 0.5) is 0 Å². The van der Waals surface area contributed by atoms with E-state index in [4.69, 9.17) is 9.47 Å². The number of rotatable bonds is 8. The summed E-state index contributed by atoms with van der Waals surface area (Å²) in [5.74, 6) is 1.92. The third kappa shape index (κ3) is 4.64. The molecule has 4 heteroatoms. The van der Waals surface area contributed by atoms with Gasteiger partial charge in [0.1, 0.15) is 24.2 Å². The standard InChI is InChI=1S/C18H29O3P/c1-13(2)9-8-10-18(3,4)14-11-15(20-5)17(22(7)19)16(12-14)21-6/h11-13H,7-10H2,1-6H3. The zero-order chi connectivity index (χ0) is 16.9. The maximum atomic E-state index is 11.9. The minimum atomic E-state index is -1.77. The Labute approximate surface area is 135 Å². The van der Waals surface area contributed by atoms with E-state index in [1.165, 1.54) is 12.8 Å². The summed E-state index contributed by atoms with van der Waals surface area (Å²) in [5, 5.41) is 0.557. The highest BCUT2D eigenvalue weighted by Crippen LogP contribution is 2.36. The summed E-state index contributed by atoms with van der Waals surface area (Å²) in [7, 11) is 1.41. The van der Waals surface area contributed by atoms with E-state index in [2.05, 4.69) is 34.0 Å². The van der Waals surface area contributed by atoms with Crippen LogP contribution in [0.15, 0.2) is 12.1 Å². The molecule has 0 saturated carbocycles. The Bertz CT molecular complexity index is 539. The quantitative estimate of drug-likeness (QED) is 0.651. The zero-order valence-corrected chi connectivity index (χ0v) is 15.6. The van der Waals surface area contributed by atoms with Crippen molar-refractivity contribution in [3.05, 3.63) is 17.7 Å². The first-order chi connectivity index (χ1) is 10.2. The lowest BCUT2D eigenvalue weighted by atomic mass is 9.79. The van der Waals surface area contributed by atoms with Gasteiger partial charge in [0.25, 0.3) is 0 Å². The number of methoxy groups -OCH3 is 2. The van der Waals surface area contributed by atoms with Gasteiger partial charge in [-0.3, -0.25) is 4.57 Å². The van der Waals surface area contributed by atoms with Crippen molar-refractivity contribution >= 4 is 19.0 Å². The van der Waals surface area contributed by atoms with E-state index in [1.54, 1.807) is 14.2 Å². The predicted molar refractivity (Wildman–Crippen MR) is 95.6 cm³/mol. The van der Waals surface area contributed by atoms with E-state index in [9.17, 15) is 4.57 Å². The number of hydrogen-bond donors (Lipinski definition) is 0. The SMILES string of the molecule is C=P(=O)c1c(OC)cc(C(C)(C)CCCC(C)C)cc1OC. The molecule has 0 fully saturated rings. The Balaban J connectivity index is 3.19. The lowest BCUT2D eigenvalue weighted by Gasteiger charge is -2.27. The van der Waals surface area contributed by atoms with Crippen molar-refractivity contribution in [2.75, 3.05) is 14.2 Å². The van der Waals surface area contributed by atoms with Crippen molar-refractivity contribution in [2.24, 2.45) is 5.92 Å². The molecule has 0 aliphatic carbocycles. The summed E-state index contributed by atoms with van der Waals surface area (Å²) in [6.45, 7) is 8.95. The largest absolute Gasteiger partial charge is 0.495 e. The molecule has 1 aromatic rings. The first kappa shape index (κ1) is 18.8. The smallest absolute Gasteiger partial charge is 0.137 e. The summed E-state index contributed by atoms with van der Waals surface area (Å²) < 4.78 is 22.7. The predicted octanol–water partition coefficient (Wildman–Crippen LogP) is 4.69. The first-order valence-electron chi connectivity index (χ1n) is 7.77. The number of hydrogen-bond acceptors (Lipinski definition) is 3. The van der Waals surface area contributed by atoms with Crippen molar-refractivity contribution in [2.45, 2.75) is 52.4 Å². The van der Waals surface area contributed by atoms with Crippen LogP contribution in [0.2, 0.25) is 0 Å². The molecule has 0 heterocycles. The van der Waals surface area contributed by atoms with E-state index in [1.807, 2.05) is 12.1 Å². The highest BCUT2D eigenvalue weighted by molar-refractivity contribution is 7.52. The summed E-state index contributed by atoms with van der Waals surface area (Å²) in [4.78, 5) is 0. The molecule has 0 saturated heterocycles. The molecule has 0 aliphatic rings. The summed E-state index contributed by atoms with van der Waals surface area (Å²) in [5.41, 5.74) is 1.16. The van der Waals surface area contributed by atoms with Gasteiger partial charge in [0.05, 0.1) is 14.2 Å². The topological polar surface area (TPSA) is 35.5 Å². The molecule has 3 nitrogen and oxygen atoms in total. The molecule has 0 aliphatic heterocycles. The van der Waals surface area contributed by atoms with Crippen molar-refractivity contribution in [1.82, 2.24) is 0 Å². The van der Waals surface area contributed by atoms with Gasteiger partial charge in [0, 0.05) is 0 Å². The molecule has 1 atom stereocenters. The van der Waals surface area contributed by atoms with Crippen LogP contribution in [0.3, 0.4) is 0 Å². The molecular weight excluding hydrogens is 295 g/mol. The van der Waals surface area contributed by atoms with Crippen molar-refractivity contribution < 1.29 is 14.0 Å². The molecule has 22 heavy (non-hydrogen) atoms. The molecule has 1 unspecified atom stereocenters. The molecule has 0 spiro atoms. The number of benzene rings is 1. The van der Waals surface area contributed by atoms with Crippen LogP contribution in [0.1, 0.15) is 52.5 Å². The summed E-state index contributed by atoms with van der Waals surface area (Å²) in [6, 6.07) is 3.96. The van der Waals surface area contributed by atoms with Crippen LogP contribution in [0.5, 0.6) is 11.5 Å². The van der Waals surface area contributed by atoms with Gasteiger partial charge in [0.15, 0.2) is 0 Å². The fraction of sp³-hybridized carbons (Fsp3) is 0.611. The average Bonchev–Trinajstić information content (AvgIpc) is 2.44. The summed E-state index contributed by atoms with van der Waals surface area (Å²) in [6.07, 6.45) is 7.13. The molecule has 0 amide bonds. The van der Waals surface area contributed by atoms with Gasteiger partial charge in [-0.1, -0.05) is 40.5 Å². The van der Waals surface area contributed by atoms with E-state index < -0.39 is 7.42 Å². The van der Waals surface area contributed by atoms with Crippen molar-refractivity contribution in [1.29, 1.82) is 0 Å². The Hall–Kier alpha value is -1.21. The maximum absolute atomic E-state index is 11.9. The second kappa shape index (κ2) is 7.87. The average molecular weight is 324 g/mol. The molecular formula is C18H29O3P. The molecule has 0 bridgehead atoms. The van der Waals surface area contributed by atoms with Gasteiger partial charge >= 0.3 is 0 Å². The van der Waals surface area contributed by atoms with Gasteiger partial charge in [-0.15, -0.1) is 0 Å². The Kier molecular flexibility index (Phi) is 6.74. The van der Waals surface area contributed by atoms with Gasteiger partial charge < -0.3 is 9.47 Å². The molecule has 1 aromatic carbocycles. The van der Waals surface area contributed by atoms with Crippen LogP contribution in [-0.2, 0) is 9.98 Å². The Morgan fingerprint density at radius 2 is 1.68 bits per heavy atom. The molecule has 0 N–H and O–H groups in total. The van der Waals surface area contributed by atoms with Gasteiger partial charge in [0.2, 0.25) is 0 Å². The van der Waals surface area contributed by atoms with Crippen molar-refractivity contribution in [3.63, 3.8) is 0 Å². The Morgan fingerprint density at radius 1 is 1.18 bits per heavy atom. The minimum Gasteiger partial charge on any atom is -0.495 e. The minimum absolute atomic E-state index is 0.0147. The lowest BCUT2D eigenvalue weighted by molar-refractivity contribution is 0.389. The van der Waals surface area contributed by atoms with Gasteiger partial charge in [-0.25, -0.2) is 0 Å². The van der Waals surface area contributed by atoms with E-state index in [0.717, 1.165) is 17.9 Å². The van der Waals surface area contributed by atoms with E-state index in [-0.39, 0.29) is 5.41 Å². The van der Waals surface area contributed by atoms with Crippen molar-refractivity contribution in [3.8, 4) is 11.5 Å². The summed E-state index contributed by atoms with van der Waals surface area (Å²) >= 11 is 0. The highest BCUT2D eigenvalue weighted by Gasteiger charge is 2.24. The monoisotopic (exact) mass is 324 g/mol. The fourth-order valence-electron chi connectivity index (χ4n) is 2.63. The van der Waals surface area contributed by atoms with E-state index in [0.29, 0.717) is 16.8 Å². The number of ether oxygens (including phenoxy) is 2. The third-order valence-corrected chi connectivity index (χ3v) is 5.03. The van der Waals surface area contributed by atoms with Crippen LogP contribution in [0, 0.1) is 5.92 Å². The molecule has 0 radical (unpaired) electrons. The lowest BCUT2D eigenvalue weighted by Crippen LogP contribution is -2.19. The first-order valence-corrected chi connectivity index (χ1v) is 9.21. The molecule has 1 rings (SSSR count). The fourth-order valence-corrected chi connectivity index (χ4v) is 3.43. The van der Waals surface area contributed by atoms with Crippen LogP contribution in [-0.4, -0.2) is 20.5 Å². The van der Waals surface area contributed by atoms with Crippen LogP contribution in [0.25, 0.3) is 0 Å². The van der Waals surface area contributed by atoms with Gasteiger partial charge in [-0.05, 0) is 41.7 Å². The normalized spacial score (nSPS) is 12.4. The second-order valence-corrected chi connectivity index (χ2v) is 7.98. The van der Waals surface area contributed by atoms with Gasteiger partial charge in [-0.2, -0.15) is 0 Å². The van der Waals surface area contributed by atoms with E-state index >= 15 is 0 Å². The maximum Gasteiger partial charge on any atom is 0.137 e. The molecule has 124 valence electrons.